The average molecular weight is 355 g/mol. The highest BCUT2D eigenvalue weighted by atomic mass is 19.1. The highest BCUT2D eigenvalue weighted by Crippen LogP contribution is 2.46. The molecule has 0 amide bonds. The zero-order valence-electron chi connectivity index (χ0n) is 16.9. The molecule has 2 unspecified atom stereocenters. The molecule has 0 aromatic rings. The van der Waals surface area contributed by atoms with Crippen molar-refractivity contribution in [1.29, 1.82) is 5.26 Å². The van der Waals surface area contributed by atoms with Gasteiger partial charge in [-0.25, -0.2) is 4.39 Å². The van der Waals surface area contributed by atoms with E-state index in [1.54, 1.807) is 0 Å². The minimum Gasteiger partial charge on any atom is -0.313 e. The minimum absolute atomic E-state index is 0.358. The Hall–Kier alpha value is -0.740. The number of alkyl halides is 1. The Morgan fingerprint density at radius 1 is 0.960 bits per heavy atom. The smallest absolute Gasteiger partial charge is 0.115 e. The van der Waals surface area contributed by atoms with Gasteiger partial charge in [0.2, 0.25) is 0 Å². The van der Waals surface area contributed by atoms with Crippen LogP contribution in [0.1, 0.15) is 74.7 Å². The van der Waals surface area contributed by atoms with Gasteiger partial charge in [0, 0.05) is 16.6 Å². The Balaban J connectivity index is 2.38. The third-order valence-electron chi connectivity index (χ3n) is 5.83. The maximum atomic E-state index is 14.2. The first-order chi connectivity index (χ1) is 11.1. The maximum absolute atomic E-state index is 14.2. The van der Waals surface area contributed by atoms with Crippen molar-refractivity contribution >= 4 is 0 Å². The molecule has 0 aliphatic carbocycles. The summed E-state index contributed by atoms with van der Waals surface area (Å²) in [4.78, 5) is 6.44. The summed E-state index contributed by atoms with van der Waals surface area (Å²) in [5.74, 6) is -0.358. The Labute approximate surface area is 151 Å². The van der Waals surface area contributed by atoms with Crippen molar-refractivity contribution in [3.63, 3.8) is 0 Å². The van der Waals surface area contributed by atoms with E-state index in [0.717, 1.165) is 0 Å². The first-order valence-corrected chi connectivity index (χ1v) is 9.15. The Kier molecular flexibility index (Phi) is 5.07. The summed E-state index contributed by atoms with van der Waals surface area (Å²) in [6, 6.07) is 2.38. The summed E-state index contributed by atoms with van der Waals surface area (Å²) in [7, 11) is 0. The monoisotopic (exact) mass is 355 g/mol. The van der Waals surface area contributed by atoms with E-state index in [2.05, 4.69) is 6.07 Å². The molecule has 2 atom stereocenters. The van der Waals surface area contributed by atoms with E-state index in [0.29, 0.717) is 19.3 Å². The Morgan fingerprint density at radius 2 is 1.44 bits per heavy atom. The predicted octanol–water partition coefficient (Wildman–Crippen LogP) is 4.07. The van der Waals surface area contributed by atoms with E-state index in [1.807, 2.05) is 60.5 Å². The van der Waals surface area contributed by atoms with E-state index >= 15 is 0 Å². The van der Waals surface area contributed by atoms with Gasteiger partial charge in [-0.15, -0.1) is 0 Å². The number of hydroxylamine groups is 4. The van der Waals surface area contributed by atoms with Crippen molar-refractivity contribution in [1.82, 2.24) is 10.1 Å². The summed E-state index contributed by atoms with van der Waals surface area (Å²) in [5, 5.41) is 23.7. The van der Waals surface area contributed by atoms with Gasteiger partial charge in [0.05, 0.1) is 17.5 Å². The molecule has 0 saturated carbocycles. The number of hydrogen-bond acceptors (Lipinski definition) is 5. The van der Waals surface area contributed by atoms with Crippen molar-refractivity contribution in [3.8, 4) is 6.07 Å². The van der Waals surface area contributed by atoms with Gasteiger partial charge in [-0.1, -0.05) is 0 Å². The largest absolute Gasteiger partial charge is 0.313 e. The van der Waals surface area contributed by atoms with E-state index in [1.165, 1.54) is 5.06 Å². The third kappa shape index (κ3) is 3.57. The Morgan fingerprint density at radius 3 is 1.88 bits per heavy atom. The van der Waals surface area contributed by atoms with Crippen LogP contribution in [-0.4, -0.2) is 49.8 Å². The number of nitrogens with zero attached hydrogens (tertiary/aromatic N) is 3. The second kappa shape index (κ2) is 6.16. The van der Waals surface area contributed by atoms with E-state index in [9.17, 15) is 14.9 Å². The van der Waals surface area contributed by atoms with E-state index in [4.69, 9.17) is 4.84 Å². The van der Waals surface area contributed by atoms with Crippen molar-refractivity contribution in [3.05, 3.63) is 0 Å². The molecule has 2 rings (SSSR count). The van der Waals surface area contributed by atoms with Crippen LogP contribution in [0.5, 0.6) is 0 Å². The van der Waals surface area contributed by atoms with E-state index in [-0.39, 0.29) is 5.92 Å². The summed E-state index contributed by atoms with van der Waals surface area (Å²) in [6.45, 7) is 15.5. The van der Waals surface area contributed by atoms with Crippen LogP contribution >= 0.6 is 0 Å². The fourth-order valence-electron chi connectivity index (χ4n) is 4.98. The molecule has 0 aromatic heterocycles. The van der Waals surface area contributed by atoms with Gasteiger partial charge in [-0.3, -0.25) is 4.84 Å². The lowest BCUT2D eigenvalue weighted by atomic mass is 9.73. The molecule has 144 valence electrons. The molecule has 5 nitrogen and oxygen atoms in total. The van der Waals surface area contributed by atoms with Gasteiger partial charge in [-0.05, 0) is 74.7 Å². The van der Waals surface area contributed by atoms with Crippen LogP contribution in [0.4, 0.5) is 4.39 Å². The number of rotatable bonds is 2. The summed E-state index contributed by atoms with van der Waals surface area (Å²) in [6.07, 6.45) is -0.104. The standard InChI is InChI=1S/C19H34FN3O2/c1-16(2)9-13(12-21)15(19(7,8)22(16)24)25-23-17(3,4)10-14(20)11-18(23,5)6/h13-15,24H,9-11H2,1-8H3. The summed E-state index contributed by atoms with van der Waals surface area (Å²) < 4.78 is 14.2. The van der Waals surface area contributed by atoms with Gasteiger partial charge in [0.15, 0.2) is 0 Å². The number of nitriles is 1. The van der Waals surface area contributed by atoms with Gasteiger partial charge >= 0.3 is 0 Å². The molecular weight excluding hydrogens is 321 g/mol. The third-order valence-corrected chi connectivity index (χ3v) is 5.83. The molecule has 2 aliphatic heterocycles. The van der Waals surface area contributed by atoms with Gasteiger partial charge in [0.25, 0.3) is 0 Å². The average Bonchev–Trinajstić information content (AvgIpc) is 2.40. The van der Waals surface area contributed by atoms with Crippen LogP contribution in [0.2, 0.25) is 0 Å². The number of hydrogen-bond donors (Lipinski definition) is 1. The molecule has 6 heteroatoms. The molecular formula is C19H34FN3O2. The zero-order chi connectivity index (χ0) is 19.4. The maximum Gasteiger partial charge on any atom is 0.115 e. The molecule has 0 aromatic carbocycles. The molecule has 2 heterocycles. The molecule has 2 saturated heterocycles. The van der Waals surface area contributed by atoms with Gasteiger partial charge in [-0.2, -0.15) is 15.4 Å². The second-order valence-electron chi connectivity index (χ2n) is 10.2. The fourth-order valence-corrected chi connectivity index (χ4v) is 4.98. The molecule has 25 heavy (non-hydrogen) atoms. The predicted molar refractivity (Wildman–Crippen MR) is 94.5 cm³/mol. The fraction of sp³-hybridized carbons (Fsp3) is 0.947. The summed E-state index contributed by atoms with van der Waals surface area (Å²) >= 11 is 0. The lowest BCUT2D eigenvalue weighted by Crippen LogP contribution is -2.70. The SMILES string of the molecule is CC1(C)CC(F)CC(C)(C)N1OC1C(C#N)CC(C)(C)N(O)C1(C)C. The topological polar surface area (TPSA) is 59.7 Å². The first-order valence-electron chi connectivity index (χ1n) is 9.15. The normalized spacial score (nSPS) is 35.2. The second-order valence-corrected chi connectivity index (χ2v) is 10.2. The van der Waals surface area contributed by atoms with Crippen LogP contribution in [0, 0.1) is 17.2 Å². The van der Waals surface area contributed by atoms with Crippen LogP contribution in [0.25, 0.3) is 0 Å². The van der Waals surface area contributed by atoms with Crippen LogP contribution in [0.15, 0.2) is 0 Å². The van der Waals surface area contributed by atoms with Crippen molar-refractivity contribution in [2.75, 3.05) is 0 Å². The quantitative estimate of drug-likeness (QED) is 0.809. The molecule has 0 bridgehead atoms. The number of halogens is 1. The van der Waals surface area contributed by atoms with Crippen molar-refractivity contribution < 1.29 is 14.4 Å². The minimum atomic E-state index is -0.871. The van der Waals surface area contributed by atoms with E-state index < -0.39 is 34.4 Å². The van der Waals surface area contributed by atoms with Crippen LogP contribution < -0.4 is 0 Å². The molecule has 0 spiro atoms. The molecule has 2 fully saturated rings. The van der Waals surface area contributed by atoms with Gasteiger partial charge < -0.3 is 5.21 Å². The van der Waals surface area contributed by atoms with Crippen molar-refractivity contribution in [2.24, 2.45) is 5.92 Å². The molecule has 1 N–H and O–H groups in total. The highest BCUT2D eigenvalue weighted by Gasteiger charge is 2.56. The molecule has 0 radical (unpaired) electrons. The zero-order valence-corrected chi connectivity index (χ0v) is 16.9. The van der Waals surface area contributed by atoms with Crippen LogP contribution in [0.3, 0.4) is 0 Å². The van der Waals surface area contributed by atoms with Crippen molar-refractivity contribution in [2.45, 2.75) is 109 Å². The molecule has 2 aliphatic rings. The lowest BCUT2D eigenvalue weighted by Gasteiger charge is -2.58. The summed E-state index contributed by atoms with van der Waals surface area (Å²) in [5.41, 5.74) is -2.25. The van der Waals surface area contributed by atoms with Gasteiger partial charge in [0.1, 0.15) is 12.3 Å². The van der Waals surface area contributed by atoms with Crippen LogP contribution in [-0.2, 0) is 4.84 Å². The lowest BCUT2D eigenvalue weighted by molar-refractivity contribution is -0.368. The Bertz CT molecular complexity index is 535. The highest BCUT2D eigenvalue weighted by molar-refractivity contribution is 5.09. The number of piperidine rings is 2. The first kappa shape index (κ1) is 20.6.